The highest BCUT2D eigenvalue weighted by Crippen LogP contribution is 2.24. The summed E-state index contributed by atoms with van der Waals surface area (Å²) in [6.07, 6.45) is -0.329. The molecule has 3 rings (SSSR count). The molecule has 1 aliphatic rings. The second-order valence-corrected chi connectivity index (χ2v) is 6.59. The zero-order valence-corrected chi connectivity index (χ0v) is 15.4. The average Bonchev–Trinajstić information content (AvgIpc) is 3.08. The van der Waals surface area contributed by atoms with Crippen LogP contribution in [0.2, 0.25) is 0 Å². The van der Waals surface area contributed by atoms with Crippen molar-refractivity contribution < 1.29 is 19.1 Å². The maximum absolute atomic E-state index is 12.9. The van der Waals surface area contributed by atoms with Crippen LogP contribution >= 0.6 is 0 Å². The molecule has 0 saturated carbocycles. The molecule has 0 bridgehead atoms. The Morgan fingerprint density at radius 1 is 1.11 bits per heavy atom. The highest BCUT2D eigenvalue weighted by atomic mass is 16.6. The van der Waals surface area contributed by atoms with Crippen LogP contribution in [-0.2, 0) is 20.9 Å². The van der Waals surface area contributed by atoms with Crippen molar-refractivity contribution in [3.63, 3.8) is 0 Å². The van der Waals surface area contributed by atoms with E-state index in [0.29, 0.717) is 12.1 Å². The Labute approximate surface area is 158 Å². The van der Waals surface area contributed by atoms with Crippen molar-refractivity contribution >= 4 is 23.6 Å². The second kappa shape index (κ2) is 8.03. The second-order valence-electron chi connectivity index (χ2n) is 6.59. The predicted molar refractivity (Wildman–Crippen MR) is 101 cm³/mol. The van der Waals surface area contributed by atoms with Crippen molar-refractivity contribution in [2.45, 2.75) is 32.4 Å². The third-order valence-corrected chi connectivity index (χ3v) is 4.65. The van der Waals surface area contributed by atoms with Crippen LogP contribution in [0.3, 0.4) is 0 Å². The highest BCUT2D eigenvalue weighted by molar-refractivity contribution is 6.05. The van der Waals surface area contributed by atoms with E-state index in [1.807, 2.05) is 61.5 Å². The topological polar surface area (TPSA) is 66.9 Å². The summed E-state index contributed by atoms with van der Waals surface area (Å²) in [4.78, 5) is 40.0. The minimum atomic E-state index is -0.841. The third-order valence-electron chi connectivity index (χ3n) is 4.65. The number of benzene rings is 2. The Morgan fingerprint density at radius 3 is 2.44 bits per heavy atom. The number of amides is 3. The van der Waals surface area contributed by atoms with E-state index in [9.17, 15) is 14.4 Å². The van der Waals surface area contributed by atoms with E-state index >= 15 is 0 Å². The van der Waals surface area contributed by atoms with E-state index in [0.717, 1.165) is 16.0 Å². The van der Waals surface area contributed by atoms with Gasteiger partial charge in [-0.15, -0.1) is 0 Å². The summed E-state index contributed by atoms with van der Waals surface area (Å²) in [6.45, 7) is 2.02. The molecule has 1 aliphatic heterocycles. The number of hydrogen-bond acceptors (Lipinski definition) is 4. The number of ether oxygens (including phenoxy) is 1. The molecule has 0 aliphatic carbocycles. The van der Waals surface area contributed by atoms with Crippen LogP contribution in [0, 0.1) is 6.92 Å². The fraction of sp³-hybridized carbons (Fsp3) is 0.286. The van der Waals surface area contributed by atoms with Gasteiger partial charge in [-0.3, -0.25) is 9.59 Å². The Kier molecular flexibility index (Phi) is 5.54. The van der Waals surface area contributed by atoms with Crippen molar-refractivity contribution in [2.24, 2.45) is 0 Å². The normalized spacial score (nSPS) is 16.3. The minimum Gasteiger partial charge on any atom is -0.444 e. The van der Waals surface area contributed by atoms with E-state index in [-0.39, 0.29) is 24.8 Å². The van der Waals surface area contributed by atoms with Crippen LogP contribution in [0.25, 0.3) is 0 Å². The summed E-state index contributed by atoms with van der Waals surface area (Å²) in [5.41, 5.74) is 2.61. The van der Waals surface area contributed by atoms with Crippen LogP contribution in [-0.4, -0.2) is 35.9 Å². The molecule has 0 N–H and O–H groups in total. The molecule has 1 heterocycles. The first-order valence-electron chi connectivity index (χ1n) is 8.84. The number of aryl methyl sites for hydroxylation is 1. The summed E-state index contributed by atoms with van der Waals surface area (Å²) in [5.74, 6) is -0.690. The number of carbonyl (C=O) groups excluding carboxylic acids is 3. The maximum atomic E-state index is 12.9. The van der Waals surface area contributed by atoms with Gasteiger partial charge in [-0.25, -0.2) is 9.69 Å². The lowest BCUT2D eigenvalue weighted by atomic mass is 10.1. The number of carbonyl (C=O) groups is 3. The van der Waals surface area contributed by atoms with Gasteiger partial charge in [0.2, 0.25) is 11.8 Å². The summed E-state index contributed by atoms with van der Waals surface area (Å²) >= 11 is 0. The van der Waals surface area contributed by atoms with Crippen LogP contribution in [0.1, 0.15) is 24.0 Å². The smallest absolute Gasteiger partial charge is 0.417 e. The number of nitrogens with zero attached hydrogens (tertiary/aromatic N) is 2. The molecule has 1 atom stereocenters. The number of likely N-dealkylation sites (tertiary alicyclic amines) is 1. The van der Waals surface area contributed by atoms with Gasteiger partial charge in [0, 0.05) is 19.2 Å². The molecule has 140 valence electrons. The SMILES string of the molecule is Cc1ccc(N(C)C(=O)C2CCC(=O)N2C(=O)OCc2ccccc2)cc1. The molecule has 2 aromatic rings. The van der Waals surface area contributed by atoms with Crippen molar-refractivity contribution in [2.75, 3.05) is 11.9 Å². The fourth-order valence-electron chi connectivity index (χ4n) is 3.05. The van der Waals surface area contributed by atoms with Gasteiger partial charge in [0.05, 0.1) is 0 Å². The highest BCUT2D eigenvalue weighted by Gasteiger charge is 2.42. The summed E-state index contributed by atoms with van der Waals surface area (Å²) in [6, 6.07) is 15.8. The van der Waals surface area contributed by atoms with Crippen LogP contribution < -0.4 is 4.90 Å². The number of hydrogen-bond donors (Lipinski definition) is 0. The largest absolute Gasteiger partial charge is 0.444 e. The Morgan fingerprint density at radius 2 is 1.78 bits per heavy atom. The van der Waals surface area contributed by atoms with Gasteiger partial charge in [0.25, 0.3) is 0 Å². The molecule has 3 amide bonds. The maximum Gasteiger partial charge on any atom is 0.417 e. The Hall–Kier alpha value is -3.15. The van der Waals surface area contributed by atoms with Gasteiger partial charge in [0.1, 0.15) is 12.6 Å². The monoisotopic (exact) mass is 366 g/mol. The first-order chi connectivity index (χ1) is 13.0. The van der Waals surface area contributed by atoms with Gasteiger partial charge >= 0.3 is 6.09 Å². The van der Waals surface area contributed by atoms with Crippen LogP contribution in [0.5, 0.6) is 0 Å². The van der Waals surface area contributed by atoms with Crippen LogP contribution in [0.4, 0.5) is 10.5 Å². The summed E-state index contributed by atoms with van der Waals surface area (Å²) in [5, 5.41) is 0. The number of imide groups is 1. The summed E-state index contributed by atoms with van der Waals surface area (Å²) in [7, 11) is 1.64. The van der Waals surface area contributed by atoms with Gasteiger partial charge in [0.15, 0.2) is 0 Å². The van der Waals surface area contributed by atoms with E-state index in [1.54, 1.807) is 7.05 Å². The number of likely N-dealkylation sites (N-methyl/N-ethyl adjacent to an activating group) is 1. The molecule has 1 fully saturated rings. The molecule has 1 saturated heterocycles. The quantitative estimate of drug-likeness (QED) is 0.833. The lowest BCUT2D eigenvalue weighted by Crippen LogP contribution is -2.48. The van der Waals surface area contributed by atoms with Gasteiger partial charge < -0.3 is 9.64 Å². The van der Waals surface area contributed by atoms with Crippen molar-refractivity contribution in [3.05, 3.63) is 65.7 Å². The van der Waals surface area contributed by atoms with E-state index in [2.05, 4.69) is 0 Å². The van der Waals surface area contributed by atoms with E-state index < -0.39 is 12.1 Å². The molecule has 6 nitrogen and oxygen atoms in total. The first-order valence-corrected chi connectivity index (χ1v) is 8.84. The molecule has 6 heteroatoms. The van der Waals surface area contributed by atoms with Crippen LogP contribution in [0.15, 0.2) is 54.6 Å². The molecule has 0 aromatic heterocycles. The average molecular weight is 366 g/mol. The number of rotatable bonds is 4. The Bertz CT molecular complexity index is 833. The lowest BCUT2D eigenvalue weighted by Gasteiger charge is -2.26. The zero-order chi connectivity index (χ0) is 19.4. The van der Waals surface area contributed by atoms with E-state index in [4.69, 9.17) is 4.74 Å². The molecule has 0 spiro atoms. The lowest BCUT2D eigenvalue weighted by molar-refractivity contribution is -0.132. The van der Waals surface area contributed by atoms with Gasteiger partial charge in [-0.05, 0) is 31.0 Å². The molecular weight excluding hydrogens is 344 g/mol. The van der Waals surface area contributed by atoms with E-state index in [1.165, 1.54) is 4.90 Å². The van der Waals surface area contributed by atoms with Crippen molar-refractivity contribution in [1.29, 1.82) is 0 Å². The van der Waals surface area contributed by atoms with Crippen molar-refractivity contribution in [1.82, 2.24) is 4.90 Å². The molecule has 0 radical (unpaired) electrons. The molecule has 27 heavy (non-hydrogen) atoms. The summed E-state index contributed by atoms with van der Waals surface area (Å²) < 4.78 is 5.26. The van der Waals surface area contributed by atoms with Gasteiger partial charge in [-0.1, -0.05) is 48.0 Å². The standard InChI is InChI=1S/C21H22N2O4/c1-15-8-10-17(11-9-15)22(2)20(25)18-12-13-19(24)23(18)21(26)27-14-16-6-4-3-5-7-16/h3-11,18H,12-14H2,1-2H3. The molecule has 1 unspecified atom stereocenters. The Balaban J connectivity index is 1.70. The predicted octanol–water partition coefficient (Wildman–Crippen LogP) is 3.29. The third kappa shape index (κ3) is 4.16. The molecule has 2 aromatic carbocycles. The fourth-order valence-corrected chi connectivity index (χ4v) is 3.05. The van der Waals surface area contributed by atoms with Gasteiger partial charge in [-0.2, -0.15) is 0 Å². The minimum absolute atomic E-state index is 0.0537. The van der Waals surface area contributed by atoms with Crippen molar-refractivity contribution in [3.8, 4) is 0 Å². The molecular formula is C21H22N2O4. The first kappa shape index (κ1) is 18.6. The number of anilines is 1. The zero-order valence-electron chi connectivity index (χ0n) is 15.4.